The summed E-state index contributed by atoms with van der Waals surface area (Å²) in [5.74, 6) is -1.39. The van der Waals surface area contributed by atoms with E-state index in [-0.39, 0.29) is 35.6 Å². The highest BCUT2D eigenvalue weighted by Gasteiger charge is 2.39. The van der Waals surface area contributed by atoms with Gasteiger partial charge in [0.25, 0.3) is 5.91 Å². The second-order valence-electron chi connectivity index (χ2n) is 9.35. The number of oxazole rings is 1. The van der Waals surface area contributed by atoms with Crippen LogP contribution >= 0.6 is 0 Å². The molecule has 29 heavy (non-hydrogen) atoms. The third kappa shape index (κ3) is 5.88. The maximum absolute atomic E-state index is 14.6. The molecule has 1 saturated heterocycles. The molecule has 3 atom stereocenters. The third-order valence-corrected chi connectivity index (χ3v) is 10.5. The fourth-order valence-corrected chi connectivity index (χ4v) is 4.73. The lowest BCUT2D eigenvalue weighted by atomic mass is 10.1. The SMILES string of the molecule is C[C@H](C[C@@H](F)Cc1nc(C(=O)N2CCC[C@@H]2C(=O)O)co1)O[Si](C)(C)C(C)(C)C. The Morgan fingerprint density at radius 2 is 2.10 bits per heavy atom. The van der Waals surface area contributed by atoms with Crippen molar-refractivity contribution < 1.29 is 27.9 Å². The van der Waals surface area contributed by atoms with Crippen molar-refractivity contribution in [3.8, 4) is 0 Å². The van der Waals surface area contributed by atoms with E-state index in [1.807, 2.05) is 6.92 Å². The first kappa shape index (κ1) is 23.5. The van der Waals surface area contributed by atoms with Crippen LogP contribution in [-0.2, 0) is 15.6 Å². The molecular formula is C20H33FN2O5Si. The van der Waals surface area contributed by atoms with Gasteiger partial charge in [-0.15, -0.1) is 0 Å². The van der Waals surface area contributed by atoms with E-state index in [2.05, 4.69) is 38.8 Å². The predicted octanol–water partition coefficient (Wildman–Crippen LogP) is 4.04. The Kier molecular flexibility index (Phi) is 7.26. The van der Waals surface area contributed by atoms with Crippen molar-refractivity contribution in [3.63, 3.8) is 0 Å². The van der Waals surface area contributed by atoms with Crippen molar-refractivity contribution in [3.05, 3.63) is 17.8 Å². The van der Waals surface area contributed by atoms with Crippen LogP contribution in [0.25, 0.3) is 0 Å². The molecule has 2 rings (SSSR count). The van der Waals surface area contributed by atoms with Crippen molar-refractivity contribution in [1.29, 1.82) is 0 Å². The summed E-state index contributed by atoms with van der Waals surface area (Å²) in [7, 11) is -1.97. The molecule has 1 aliphatic rings. The fraction of sp³-hybridized carbons (Fsp3) is 0.750. The summed E-state index contributed by atoms with van der Waals surface area (Å²) >= 11 is 0. The summed E-state index contributed by atoms with van der Waals surface area (Å²) < 4.78 is 26.0. The summed E-state index contributed by atoms with van der Waals surface area (Å²) in [6.07, 6.45) is 0.942. The lowest BCUT2D eigenvalue weighted by Crippen LogP contribution is -2.43. The fourth-order valence-electron chi connectivity index (χ4n) is 3.28. The number of carbonyl (C=O) groups is 2. The molecule has 2 heterocycles. The minimum absolute atomic E-state index is 0.0194. The van der Waals surface area contributed by atoms with Crippen molar-refractivity contribution >= 4 is 20.2 Å². The lowest BCUT2D eigenvalue weighted by Gasteiger charge is -2.38. The number of likely N-dealkylation sites (tertiary alicyclic amines) is 1. The van der Waals surface area contributed by atoms with E-state index >= 15 is 0 Å². The number of halogens is 1. The Labute approximate surface area is 172 Å². The summed E-state index contributed by atoms with van der Waals surface area (Å²) in [5.41, 5.74) is 0.0194. The molecule has 0 saturated carbocycles. The minimum Gasteiger partial charge on any atom is -0.480 e. The van der Waals surface area contributed by atoms with Crippen LogP contribution in [0.15, 0.2) is 10.7 Å². The largest absolute Gasteiger partial charge is 0.480 e. The van der Waals surface area contributed by atoms with Crippen molar-refractivity contribution in [2.45, 2.75) is 89.8 Å². The van der Waals surface area contributed by atoms with E-state index in [0.717, 1.165) is 0 Å². The monoisotopic (exact) mass is 428 g/mol. The Balaban J connectivity index is 1.92. The summed E-state index contributed by atoms with van der Waals surface area (Å²) in [6, 6.07) is -0.843. The molecule has 0 bridgehead atoms. The summed E-state index contributed by atoms with van der Waals surface area (Å²) in [4.78, 5) is 29.2. The molecular weight excluding hydrogens is 395 g/mol. The molecule has 7 nitrogen and oxygen atoms in total. The van der Waals surface area contributed by atoms with Crippen LogP contribution in [0.5, 0.6) is 0 Å². The molecule has 9 heteroatoms. The molecule has 0 unspecified atom stereocenters. The molecule has 1 aliphatic heterocycles. The Morgan fingerprint density at radius 1 is 1.45 bits per heavy atom. The first-order chi connectivity index (χ1) is 13.3. The van der Waals surface area contributed by atoms with E-state index < -0.39 is 32.4 Å². The van der Waals surface area contributed by atoms with Crippen LogP contribution < -0.4 is 0 Å². The van der Waals surface area contributed by atoms with Gasteiger partial charge in [0.15, 0.2) is 19.9 Å². The van der Waals surface area contributed by atoms with E-state index in [1.54, 1.807) is 0 Å². The van der Waals surface area contributed by atoms with Gasteiger partial charge in [0.2, 0.25) is 0 Å². The van der Waals surface area contributed by atoms with Crippen LogP contribution in [-0.4, -0.2) is 60.0 Å². The molecule has 1 fully saturated rings. The van der Waals surface area contributed by atoms with Crippen LogP contribution in [0.1, 0.15) is 63.3 Å². The van der Waals surface area contributed by atoms with Crippen LogP contribution in [0, 0.1) is 0 Å². The number of rotatable bonds is 8. The molecule has 0 aliphatic carbocycles. The lowest BCUT2D eigenvalue weighted by molar-refractivity contribution is -0.141. The molecule has 1 aromatic heterocycles. The second-order valence-corrected chi connectivity index (χ2v) is 14.1. The first-order valence-electron chi connectivity index (χ1n) is 10.1. The van der Waals surface area contributed by atoms with Gasteiger partial charge in [-0.05, 0) is 37.9 Å². The highest BCUT2D eigenvalue weighted by atomic mass is 28.4. The molecule has 164 valence electrons. The quantitative estimate of drug-likeness (QED) is 0.628. The zero-order valence-corrected chi connectivity index (χ0v) is 19.2. The van der Waals surface area contributed by atoms with Crippen molar-refractivity contribution in [1.82, 2.24) is 9.88 Å². The van der Waals surface area contributed by atoms with Crippen molar-refractivity contribution in [2.75, 3.05) is 6.54 Å². The zero-order valence-electron chi connectivity index (χ0n) is 18.2. The average molecular weight is 429 g/mol. The highest BCUT2D eigenvalue weighted by Crippen LogP contribution is 2.37. The molecule has 0 radical (unpaired) electrons. The zero-order chi connectivity index (χ0) is 22.0. The number of hydrogen-bond donors (Lipinski definition) is 1. The Hall–Kier alpha value is -1.74. The number of alkyl halides is 1. The number of aliphatic carboxylic acids is 1. The molecule has 1 N–H and O–H groups in total. The second kappa shape index (κ2) is 8.95. The molecule has 0 spiro atoms. The number of carboxylic acids is 1. The number of aromatic nitrogens is 1. The van der Waals surface area contributed by atoms with Gasteiger partial charge < -0.3 is 18.8 Å². The maximum atomic E-state index is 14.6. The van der Waals surface area contributed by atoms with Gasteiger partial charge in [-0.2, -0.15) is 0 Å². The molecule has 0 aromatic carbocycles. The van der Waals surface area contributed by atoms with Gasteiger partial charge >= 0.3 is 5.97 Å². The molecule has 1 aromatic rings. The highest BCUT2D eigenvalue weighted by molar-refractivity contribution is 6.74. The van der Waals surface area contributed by atoms with Crippen LogP contribution in [0.3, 0.4) is 0 Å². The topological polar surface area (TPSA) is 92.9 Å². The van der Waals surface area contributed by atoms with E-state index in [9.17, 15) is 19.1 Å². The first-order valence-corrected chi connectivity index (χ1v) is 13.0. The number of amides is 1. The number of nitrogens with zero attached hydrogens (tertiary/aromatic N) is 2. The number of carboxylic acid groups (broad SMARTS) is 1. The number of hydrogen-bond acceptors (Lipinski definition) is 5. The van der Waals surface area contributed by atoms with Gasteiger partial charge in [0, 0.05) is 19.1 Å². The van der Waals surface area contributed by atoms with Gasteiger partial charge in [-0.1, -0.05) is 20.8 Å². The van der Waals surface area contributed by atoms with Gasteiger partial charge in [-0.25, -0.2) is 14.2 Å². The number of carbonyl (C=O) groups excluding carboxylic acids is 1. The average Bonchev–Trinajstić information content (AvgIpc) is 3.21. The Morgan fingerprint density at radius 3 is 2.69 bits per heavy atom. The third-order valence-electron chi connectivity index (χ3n) is 5.86. The van der Waals surface area contributed by atoms with Crippen LogP contribution in [0.2, 0.25) is 18.1 Å². The molecule has 1 amide bonds. The standard InChI is InChI=1S/C20H33FN2O5Si/c1-13(28-29(5,6)20(2,3)4)10-14(21)11-17-22-15(12-27-17)18(24)23-9-7-8-16(23)19(25)26/h12-14,16H,7-11H2,1-6H3,(H,25,26)/t13-,14-,16-/m1/s1. The predicted molar refractivity (Wildman–Crippen MR) is 109 cm³/mol. The minimum atomic E-state index is -1.97. The normalized spacial score (nSPS) is 20.0. The Bertz CT molecular complexity index is 731. The smallest absolute Gasteiger partial charge is 0.326 e. The van der Waals surface area contributed by atoms with Crippen LogP contribution in [0.4, 0.5) is 4.39 Å². The van der Waals surface area contributed by atoms with Gasteiger partial charge in [-0.3, -0.25) is 4.79 Å². The van der Waals surface area contributed by atoms with Crippen molar-refractivity contribution in [2.24, 2.45) is 0 Å². The summed E-state index contributed by atoms with van der Waals surface area (Å²) in [5, 5.41) is 9.27. The summed E-state index contributed by atoms with van der Waals surface area (Å²) in [6.45, 7) is 12.9. The van der Waals surface area contributed by atoms with Gasteiger partial charge in [0.05, 0.1) is 6.42 Å². The van der Waals surface area contributed by atoms with E-state index in [1.165, 1.54) is 11.2 Å². The maximum Gasteiger partial charge on any atom is 0.326 e. The van der Waals surface area contributed by atoms with Gasteiger partial charge in [0.1, 0.15) is 18.5 Å². The van der Waals surface area contributed by atoms with E-state index in [0.29, 0.717) is 19.4 Å². The van der Waals surface area contributed by atoms with E-state index in [4.69, 9.17) is 8.84 Å².